The molecule has 19 heavy (non-hydrogen) atoms. The third-order valence-electron chi connectivity index (χ3n) is 3.16. The average Bonchev–Trinajstić information content (AvgIpc) is 2.42. The molecular weight excluding hydrogens is 247 g/mol. The summed E-state index contributed by atoms with van der Waals surface area (Å²) in [7, 11) is 0. The number of nitriles is 1. The van der Waals surface area contributed by atoms with Gasteiger partial charge >= 0.3 is 0 Å². The summed E-state index contributed by atoms with van der Waals surface area (Å²) in [5.74, 6) is -0.412. The van der Waals surface area contributed by atoms with Gasteiger partial charge in [0.1, 0.15) is 6.61 Å². The molecule has 1 atom stereocenters. The second-order valence-corrected chi connectivity index (χ2v) is 4.48. The van der Waals surface area contributed by atoms with E-state index in [0.717, 1.165) is 0 Å². The molecule has 1 unspecified atom stereocenters. The summed E-state index contributed by atoms with van der Waals surface area (Å²) >= 11 is 0. The molecule has 0 aromatic heterocycles. The van der Waals surface area contributed by atoms with Crippen molar-refractivity contribution in [3.8, 4) is 11.8 Å². The number of carbonyl (C=O) groups is 1. The molecule has 1 aromatic rings. The van der Waals surface area contributed by atoms with Gasteiger partial charge in [0, 0.05) is 13.0 Å². The monoisotopic (exact) mass is 262 g/mol. The first-order valence-electron chi connectivity index (χ1n) is 6.25. The summed E-state index contributed by atoms with van der Waals surface area (Å²) in [4.78, 5) is 13.4. The Hall–Kier alpha value is -2.09. The van der Waals surface area contributed by atoms with Crippen molar-refractivity contribution in [3.05, 3.63) is 30.1 Å². The molecule has 1 amide bonds. The highest BCUT2D eigenvalue weighted by Crippen LogP contribution is 2.18. The Labute approximate surface area is 111 Å². The Bertz CT molecular complexity index is 498. The topological polar surface area (TPSA) is 53.3 Å². The van der Waals surface area contributed by atoms with Crippen LogP contribution in [0.5, 0.6) is 5.75 Å². The first-order chi connectivity index (χ1) is 9.20. The molecule has 4 nitrogen and oxygen atoms in total. The van der Waals surface area contributed by atoms with Crippen LogP contribution in [0.1, 0.15) is 12.8 Å². The van der Waals surface area contributed by atoms with Gasteiger partial charge in [-0.15, -0.1) is 0 Å². The molecule has 0 saturated carbocycles. The molecule has 1 fully saturated rings. The van der Waals surface area contributed by atoms with Gasteiger partial charge in [-0.05, 0) is 18.6 Å². The standard InChI is InChI=1S/C14H15FN2O2/c15-12-3-1-2-4-13(12)19-8-7-17-6-5-11(10-16)9-14(17)18/h1-4,11H,5-9H2. The van der Waals surface area contributed by atoms with Crippen LogP contribution in [0.4, 0.5) is 4.39 Å². The second kappa shape index (κ2) is 6.19. The number of benzene rings is 1. The van der Waals surface area contributed by atoms with Gasteiger partial charge in [0.2, 0.25) is 5.91 Å². The van der Waals surface area contributed by atoms with E-state index in [4.69, 9.17) is 10.00 Å². The Balaban J connectivity index is 1.79. The van der Waals surface area contributed by atoms with Crippen LogP contribution in [0.3, 0.4) is 0 Å². The summed E-state index contributed by atoms with van der Waals surface area (Å²) in [5.41, 5.74) is 0. The number of piperidine rings is 1. The average molecular weight is 262 g/mol. The summed E-state index contributed by atoms with van der Waals surface area (Å²) < 4.78 is 18.6. The number of hydrogen-bond donors (Lipinski definition) is 0. The van der Waals surface area contributed by atoms with Crippen LogP contribution < -0.4 is 4.74 Å². The minimum Gasteiger partial charge on any atom is -0.489 e. The zero-order valence-corrected chi connectivity index (χ0v) is 10.5. The van der Waals surface area contributed by atoms with E-state index in [2.05, 4.69) is 6.07 Å². The van der Waals surface area contributed by atoms with Gasteiger partial charge in [0.25, 0.3) is 0 Å². The highest BCUT2D eigenvalue weighted by atomic mass is 19.1. The second-order valence-electron chi connectivity index (χ2n) is 4.48. The van der Waals surface area contributed by atoms with E-state index >= 15 is 0 Å². The Morgan fingerprint density at radius 2 is 2.26 bits per heavy atom. The van der Waals surface area contributed by atoms with Crippen molar-refractivity contribution in [2.24, 2.45) is 5.92 Å². The maximum Gasteiger partial charge on any atom is 0.224 e. The lowest BCUT2D eigenvalue weighted by Gasteiger charge is -2.28. The smallest absolute Gasteiger partial charge is 0.224 e. The normalized spacial score (nSPS) is 19.1. The predicted octanol–water partition coefficient (Wildman–Crippen LogP) is 1.97. The van der Waals surface area contributed by atoms with E-state index in [1.54, 1.807) is 23.1 Å². The van der Waals surface area contributed by atoms with E-state index in [-0.39, 0.29) is 30.6 Å². The first-order valence-corrected chi connectivity index (χ1v) is 6.25. The number of amides is 1. The van der Waals surface area contributed by atoms with Crippen molar-refractivity contribution < 1.29 is 13.9 Å². The van der Waals surface area contributed by atoms with Gasteiger partial charge in [0.15, 0.2) is 11.6 Å². The molecule has 1 aliphatic rings. The number of rotatable bonds is 4. The molecule has 1 aromatic carbocycles. The summed E-state index contributed by atoms with van der Waals surface area (Å²) in [5, 5.41) is 8.76. The maximum atomic E-state index is 13.3. The molecule has 1 aliphatic heterocycles. The maximum absolute atomic E-state index is 13.3. The van der Waals surface area contributed by atoms with Crippen molar-refractivity contribution >= 4 is 5.91 Å². The van der Waals surface area contributed by atoms with E-state index in [1.165, 1.54) is 6.07 Å². The molecule has 1 heterocycles. The largest absolute Gasteiger partial charge is 0.489 e. The predicted molar refractivity (Wildman–Crippen MR) is 66.8 cm³/mol. The minimum atomic E-state index is -0.406. The third-order valence-corrected chi connectivity index (χ3v) is 3.16. The van der Waals surface area contributed by atoms with Crippen LogP contribution in [-0.4, -0.2) is 30.5 Å². The van der Waals surface area contributed by atoms with E-state index in [0.29, 0.717) is 19.5 Å². The fourth-order valence-electron chi connectivity index (χ4n) is 2.05. The van der Waals surface area contributed by atoms with Crippen molar-refractivity contribution in [1.29, 1.82) is 5.26 Å². The first kappa shape index (κ1) is 13.3. The molecule has 0 bridgehead atoms. The Morgan fingerprint density at radius 3 is 2.95 bits per heavy atom. The molecule has 2 rings (SSSR count). The van der Waals surface area contributed by atoms with E-state index in [9.17, 15) is 9.18 Å². The lowest BCUT2D eigenvalue weighted by atomic mass is 9.98. The van der Waals surface area contributed by atoms with Crippen LogP contribution in [-0.2, 0) is 4.79 Å². The van der Waals surface area contributed by atoms with E-state index in [1.807, 2.05) is 0 Å². The quantitative estimate of drug-likeness (QED) is 0.833. The highest BCUT2D eigenvalue weighted by Gasteiger charge is 2.25. The van der Waals surface area contributed by atoms with Crippen LogP contribution >= 0.6 is 0 Å². The number of carbonyl (C=O) groups excluding carboxylic acids is 1. The molecule has 5 heteroatoms. The lowest BCUT2D eigenvalue weighted by Crippen LogP contribution is -2.40. The lowest BCUT2D eigenvalue weighted by molar-refractivity contribution is -0.134. The molecule has 0 radical (unpaired) electrons. The van der Waals surface area contributed by atoms with Gasteiger partial charge < -0.3 is 9.64 Å². The molecule has 100 valence electrons. The summed E-state index contributed by atoms with van der Waals surface area (Å²) in [6.45, 7) is 1.24. The Morgan fingerprint density at radius 1 is 1.47 bits per heavy atom. The van der Waals surface area contributed by atoms with Crippen molar-refractivity contribution in [3.63, 3.8) is 0 Å². The molecule has 0 spiro atoms. The molecule has 0 aliphatic carbocycles. The summed E-state index contributed by atoms with van der Waals surface area (Å²) in [6.07, 6.45) is 0.970. The molecule has 0 N–H and O–H groups in total. The SMILES string of the molecule is N#CC1CCN(CCOc2ccccc2F)C(=O)C1. The Kier molecular flexibility index (Phi) is 4.35. The number of para-hydroxylation sites is 1. The third kappa shape index (κ3) is 3.44. The van der Waals surface area contributed by atoms with Crippen LogP contribution in [0.25, 0.3) is 0 Å². The van der Waals surface area contributed by atoms with Crippen LogP contribution in [0.2, 0.25) is 0 Å². The van der Waals surface area contributed by atoms with Gasteiger partial charge in [-0.25, -0.2) is 4.39 Å². The fraction of sp³-hybridized carbons (Fsp3) is 0.429. The minimum absolute atomic E-state index is 0.0325. The van der Waals surface area contributed by atoms with Crippen molar-refractivity contribution in [1.82, 2.24) is 4.90 Å². The number of nitrogens with zero attached hydrogens (tertiary/aromatic N) is 2. The number of ether oxygens (including phenoxy) is 1. The van der Waals surface area contributed by atoms with Crippen LogP contribution in [0, 0.1) is 23.1 Å². The number of likely N-dealkylation sites (tertiary alicyclic amines) is 1. The zero-order chi connectivity index (χ0) is 13.7. The fourth-order valence-corrected chi connectivity index (χ4v) is 2.05. The molecule has 1 saturated heterocycles. The van der Waals surface area contributed by atoms with Gasteiger partial charge in [-0.3, -0.25) is 4.79 Å². The van der Waals surface area contributed by atoms with Gasteiger partial charge in [0.05, 0.1) is 18.5 Å². The van der Waals surface area contributed by atoms with Crippen molar-refractivity contribution in [2.75, 3.05) is 19.7 Å². The van der Waals surface area contributed by atoms with Gasteiger partial charge in [-0.1, -0.05) is 12.1 Å². The van der Waals surface area contributed by atoms with E-state index < -0.39 is 5.82 Å². The molecular formula is C14H15FN2O2. The zero-order valence-electron chi connectivity index (χ0n) is 10.5. The summed E-state index contributed by atoms with van der Waals surface area (Å²) in [6, 6.07) is 8.29. The number of halogens is 1. The van der Waals surface area contributed by atoms with Crippen molar-refractivity contribution in [2.45, 2.75) is 12.8 Å². The van der Waals surface area contributed by atoms with Crippen LogP contribution in [0.15, 0.2) is 24.3 Å². The van der Waals surface area contributed by atoms with Gasteiger partial charge in [-0.2, -0.15) is 5.26 Å². The highest BCUT2D eigenvalue weighted by molar-refractivity contribution is 5.77. The number of hydrogen-bond acceptors (Lipinski definition) is 3.